The molecule has 0 N–H and O–H groups in total. The van der Waals surface area contributed by atoms with E-state index in [-0.39, 0.29) is 11.5 Å². The smallest absolute Gasteiger partial charge is 0.280 e. The summed E-state index contributed by atoms with van der Waals surface area (Å²) in [5.74, 6) is 0.140. The Hall–Kier alpha value is -2.56. The number of nitrogens with zero attached hydrogens (tertiary/aromatic N) is 1. The molecule has 4 rings (SSSR count). The van der Waals surface area contributed by atoms with Crippen molar-refractivity contribution in [2.45, 2.75) is 65.0 Å². The van der Waals surface area contributed by atoms with Crippen molar-refractivity contribution in [1.82, 2.24) is 4.57 Å². The fourth-order valence-electron chi connectivity index (χ4n) is 4.80. The van der Waals surface area contributed by atoms with Crippen LogP contribution in [-0.4, -0.2) is 10.5 Å². The zero-order chi connectivity index (χ0) is 21.6. The van der Waals surface area contributed by atoms with Crippen molar-refractivity contribution in [2.75, 3.05) is 0 Å². The second-order valence-corrected chi connectivity index (χ2v) is 8.50. The molecule has 1 heterocycles. The zero-order valence-electron chi connectivity index (χ0n) is 17.6. The summed E-state index contributed by atoms with van der Waals surface area (Å²) in [6.45, 7) is 6.06. The van der Waals surface area contributed by atoms with Gasteiger partial charge >= 0.3 is 6.18 Å². The lowest BCUT2D eigenvalue weighted by molar-refractivity contribution is -0.137. The molecule has 2 nitrogen and oxygen atoms in total. The maximum atomic E-state index is 13.4. The van der Waals surface area contributed by atoms with E-state index >= 15 is 0 Å². The second kappa shape index (κ2) is 7.60. The summed E-state index contributed by atoms with van der Waals surface area (Å²) >= 11 is 0. The standard InChI is InChI=1S/C25H26F3NO/c1-15-13-21-22(14-16(15)2)29(17(3)23(21)18-7-5-4-6-8-18)24(30)19-9-11-20(12-10-19)25(26,27)28/h9-14,18H,4-8H2,1-3H3. The number of carbonyl (C=O) groups excluding carboxylic acids is 1. The van der Waals surface area contributed by atoms with Crippen LogP contribution in [0.2, 0.25) is 0 Å². The van der Waals surface area contributed by atoms with Crippen LogP contribution in [0.3, 0.4) is 0 Å². The molecule has 1 fully saturated rings. The van der Waals surface area contributed by atoms with E-state index in [1.165, 1.54) is 42.5 Å². The molecule has 3 aromatic rings. The number of aryl methyl sites for hydroxylation is 2. The van der Waals surface area contributed by atoms with E-state index in [2.05, 4.69) is 13.0 Å². The molecule has 0 bridgehead atoms. The normalized spacial score (nSPS) is 15.7. The highest BCUT2D eigenvalue weighted by molar-refractivity contribution is 6.04. The van der Waals surface area contributed by atoms with Gasteiger partial charge in [-0.15, -0.1) is 0 Å². The predicted molar refractivity (Wildman–Crippen MR) is 113 cm³/mol. The van der Waals surface area contributed by atoms with Crippen molar-refractivity contribution in [3.05, 3.63) is 69.9 Å². The second-order valence-electron chi connectivity index (χ2n) is 8.50. The van der Waals surface area contributed by atoms with Gasteiger partial charge in [-0.1, -0.05) is 19.3 Å². The largest absolute Gasteiger partial charge is 0.416 e. The van der Waals surface area contributed by atoms with E-state index in [9.17, 15) is 18.0 Å². The average molecular weight is 413 g/mol. The minimum absolute atomic E-state index is 0.261. The molecule has 0 radical (unpaired) electrons. The van der Waals surface area contributed by atoms with E-state index < -0.39 is 11.7 Å². The van der Waals surface area contributed by atoms with Gasteiger partial charge in [0.2, 0.25) is 0 Å². The third-order valence-corrected chi connectivity index (χ3v) is 6.54. The van der Waals surface area contributed by atoms with Gasteiger partial charge in [-0.05, 0) is 92.6 Å². The number of rotatable bonds is 2. The molecular formula is C25H26F3NO. The van der Waals surface area contributed by atoms with Crippen LogP contribution in [0.5, 0.6) is 0 Å². The molecule has 0 unspecified atom stereocenters. The Morgan fingerprint density at radius 3 is 2.13 bits per heavy atom. The maximum absolute atomic E-state index is 13.4. The van der Waals surface area contributed by atoms with Crippen LogP contribution in [0.4, 0.5) is 13.2 Å². The van der Waals surface area contributed by atoms with Crippen LogP contribution in [0, 0.1) is 20.8 Å². The van der Waals surface area contributed by atoms with Gasteiger partial charge in [0, 0.05) is 16.6 Å². The van der Waals surface area contributed by atoms with E-state index in [1.54, 1.807) is 4.57 Å². The maximum Gasteiger partial charge on any atom is 0.416 e. The Balaban J connectivity index is 1.86. The first-order valence-electron chi connectivity index (χ1n) is 10.5. The summed E-state index contributed by atoms with van der Waals surface area (Å²) < 4.78 is 40.5. The van der Waals surface area contributed by atoms with Crippen LogP contribution >= 0.6 is 0 Å². The summed E-state index contributed by atoms with van der Waals surface area (Å²) in [7, 11) is 0. The van der Waals surface area contributed by atoms with Gasteiger partial charge in [0.05, 0.1) is 11.1 Å². The van der Waals surface area contributed by atoms with E-state index in [0.717, 1.165) is 47.1 Å². The highest BCUT2D eigenvalue weighted by Crippen LogP contribution is 2.41. The molecule has 0 amide bonds. The van der Waals surface area contributed by atoms with Gasteiger partial charge in [0.15, 0.2) is 0 Å². The number of halogens is 3. The molecule has 5 heteroatoms. The van der Waals surface area contributed by atoms with Crippen LogP contribution in [0.15, 0.2) is 36.4 Å². The van der Waals surface area contributed by atoms with Crippen molar-refractivity contribution < 1.29 is 18.0 Å². The lowest BCUT2D eigenvalue weighted by atomic mass is 9.82. The lowest BCUT2D eigenvalue weighted by Gasteiger charge is -2.22. The summed E-state index contributed by atoms with van der Waals surface area (Å²) in [5.41, 5.74) is 4.77. The average Bonchev–Trinajstić information content (AvgIpc) is 2.98. The number of carbonyl (C=O) groups is 1. The first-order valence-corrected chi connectivity index (χ1v) is 10.5. The molecule has 2 aromatic carbocycles. The molecule has 0 saturated heterocycles. The Labute approximate surface area is 174 Å². The first-order chi connectivity index (χ1) is 14.2. The topological polar surface area (TPSA) is 22.0 Å². The summed E-state index contributed by atoms with van der Waals surface area (Å²) in [5, 5.41) is 1.10. The third kappa shape index (κ3) is 3.55. The minimum Gasteiger partial charge on any atom is -0.280 e. The third-order valence-electron chi connectivity index (χ3n) is 6.54. The SMILES string of the molecule is Cc1cc2c(C3CCCCC3)c(C)n(C(=O)c3ccc(C(F)(F)F)cc3)c2cc1C. The molecule has 1 aliphatic carbocycles. The van der Waals surface area contributed by atoms with Crippen LogP contribution in [0.25, 0.3) is 10.9 Å². The Morgan fingerprint density at radius 2 is 1.53 bits per heavy atom. The molecule has 1 aromatic heterocycles. The predicted octanol–water partition coefficient (Wildman–Crippen LogP) is 7.32. The number of hydrogen-bond donors (Lipinski definition) is 0. The first kappa shape index (κ1) is 20.7. The summed E-state index contributed by atoms with van der Waals surface area (Å²) in [4.78, 5) is 13.4. The zero-order valence-corrected chi connectivity index (χ0v) is 17.6. The van der Waals surface area contributed by atoms with Crippen molar-refractivity contribution in [1.29, 1.82) is 0 Å². The van der Waals surface area contributed by atoms with Crippen molar-refractivity contribution in [3.8, 4) is 0 Å². The molecule has 0 atom stereocenters. The van der Waals surface area contributed by atoms with Gasteiger partial charge in [-0.3, -0.25) is 9.36 Å². The summed E-state index contributed by atoms with van der Waals surface area (Å²) in [6.07, 6.45) is 1.43. The highest BCUT2D eigenvalue weighted by atomic mass is 19.4. The molecule has 0 spiro atoms. The molecule has 158 valence electrons. The Bertz CT molecular complexity index is 1100. The van der Waals surface area contributed by atoms with E-state index in [4.69, 9.17) is 0 Å². The van der Waals surface area contributed by atoms with Crippen LogP contribution in [-0.2, 0) is 6.18 Å². The van der Waals surface area contributed by atoms with Crippen molar-refractivity contribution in [2.24, 2.45) is 0 Å². The van der Waals surface area contributed by atoms with Gasteiger partial charge in [-0.2, -0.15) is 13.2 Å². The lowest BCUT2D eigenvalue weighted by Crippen LogP contribution is -2.15. The Kier molecular flexibility index (Phi) is 5.25. The Morgan fingerprint density at radius 1 is 0.933 bits per heavy atom. The monoisotopic (exact) mass is 413 g/mol. The summed E-state index contributed by atoms with van der Waals surface area (Å²) in [6, 6.07) is 8.71. The number of benzene rings is 2. The van der Waals surface area contributed by atoms with Crippen LogP contribution < -0.4 is 0 Å². The quantitative estimate of drug-likeness (QED) is 0.431. The molecule has 30 heavy (non-hydrogen) atoms. The van der Waals surface area contributed by atoms with Gasteiger partial charge in [0.25, 0.3) is 5.91 Å². The fourth-order valence-corrected chi connectivity index (χ4v) is 4.80. The van der Waals surface area contributed by atoms with Crippen molar-refractivity contribution in [3.63, 3.8) is 0 Å². The van der Waals surface area contributed by atoms with Crippen molar-refractivity contribution >= 4 is 16.8 Å². The van der Waals surface area contributed by atoms with Gasteiger partial charge < -0.3 is 0 Å². The molecular weight excluding hydrogens is 387 g/mol. The number of hydrogen-bond acceptors (Lipinski definition) is 1. The number of fused-ring (bicyclic) bond motifs is 1. The highest BCUT2D eigenvalue weighted by Gasteiger charge is 2.31. The van der Waals surface area contributed by atoms with Crippen LogP contribution in [0.1, 0.15) is 76.3 Å². The fraction of sp³-hybridized carbons (Fsp3) is 0.400. The number of alkyl halides is 3. The molecule has 1 saturated carbocycles. The minimum atomic E-state index is -4.42. The van der Waals surface area contributed by atoms with Gasteiger partial charge in [0.1, 0.15) is 0 Å². The van der Waals surface area contributed by atoms with E-state index in [0.29, 0.717) is 5.92 Å². The molecule has 0 aliphatic heterocycles. The number of aromatic nitrogens is 1. The van der Waals surface area contributed by atoms with E-state index in [1.807, 2.05) is 19.9 Å². The molecule has 1 aliphatic rings. The van der Waals surface area contributed by atoms with Gasteiger partial charge in [-0.25, -0.2) is 0 Å².